The van der Waals surface area contributed by atoms with E-state index in [1.807, 2.05) is 22.5 Å². The molecule has 2 aromatic rings. The summed E-state index contributed by atoms with van der Waals surface area (Å²) in [6, 6.07) is 15.0. The third-order valence-corrected chi connectivity index (χ3v) is 4.68. The maximum Gasteiger partial charge on any atom is 0.180 e. The van der Waals surface area contributed by atoms with Gasteiger partial charge in [-0.3, -0.25) is 4.79 Å². The van der Waals surface area contributed by atoms with Crippen LogP contribution in [0.25, 0.3) is 0 Å². The van der Waals surface area contributed by atoms with Crippen molar-refractivity contribution in [3.05, 3.63) is 59.7 Å². The number of hydrogen-bond acceptors (Lipinski definition) is 3. The van der Waals surface area contributed by atoms with E-state index < -0.39 is 11.4 Å². The number of para-hydroxylation sites is 1. The quantitative estimate of drug-likeness (QED) is 0.636. The first-order valence-corrected chi connectivity index (χ1v) is 7.23. The van der Waals surface area contributed by atoms with Crippen molar-refractivity contribution in [2.24, 2.45) is 0 Å². The number of benzene rings is 2. The molecule has 2 aromatic carbocycles. The highest BCUT2D eigenvalue weighted by Gasteiger charge is 2.29. The SMILES string of the molecule is O=Cc1cccc([S+]([O-])N2CCc3ccccc32)c1. The lowest BCUT2D eigenvalue weighted by molar-refractivity contribution is 0.112. The van der Waals surface area contributed by atoms with Gasteiger partial charge in [-0.2, -0.15) is 4.31 Å². The Kier molecular flexibility index (Phi) is 3.27. The van der Waals surface area contributed by atoms with Gasteiger partial charge in [0.1, 0.15) is 17.6 Å². The molecule has 0 N–H and O–H groups in total. The fourth-order valence-corrected chi connectivity index (χ4v) is 3.60. The van der Waals surface area contributed by atoms with Crippen molar-refractivity contribution in [2.45, 2.75) is 11.3 Å². The van der Waals surface area contributed by atoms with E-state index in [1.54, 1.807) is 24.3 Å². The molecule has 0 amide bonds. The number of hydrogen-bond donors (Lipinski definition) is 0. The average molecular weight is 271 g/mol. The molecule has 1 unspecified atom stereocenters. The van der Waals surface area contributed by atoms with Crippen molar-refractivity contribution in [3.8, 4) is 0 Å². The van der Waals surface area contributed by atoms with Gasteiger partial charge < -0.3 is 4.55 Å². The van der Waals surface area contributed by atoms with Crippen LogP contribution in [0.15, 0.2) is 53.4 Å². The minimum Gasteiger partial charge on any atom is -0.588 e. The van der Waals surface area contributed by atoms with E-state index in [9.17, 15) is 9.35 Å². The van der Waals surface area contributed by atoms with Gasteiger partial charge in [-0.1, -0.05) is 30.3 Å². The molecule has 0 saturated carbocycles. The maximum absolute atomic E-state index is 12.6. The van der Waals surface area contributed by atoms with Crippen molar-refractivity contribution < 1.29 is 9.35 Å². The van der Waals surface area contributed by atoms with Crippen LogP contribution in [0.4, 0.5) is 5.69 Å². The molecule has 0 radical (unpaired) electrons. The highest BCUT2D eigenvalue weighted by molar-refractivity contribution is 7.92. The summed E-state index contributed by atoms with van der Waals surface area (Å²) in [5.41, 5.74) is 2.80. The summed E-state index contributed by atoms with van der Waals surface area (Å²) < 4.78 is 14.5. The Morgan fingerprint density at radius 2 is 2.00 bits per heavy atom. The molecule has 0 saturated heterocycles. The molecule has 1 aliphatic heterocycles. The van der Waals surface area contributed by atoms with Gasteiger partial charge in [0.2, 0.25) is 0 Å². The first kappa shape index (κ1) is 12.3. The zero-order chi connectivity index (χ0) is 13.2. The van der Waals surface area contributed by atoms with E-state index in [1.165, 1.54) is 5.56 Å². The molecule has 3 rings (SSSR count). The molecule has 96 valence electrons. The van der Waals surface area contributed by atoms with Gasteiger partial charge in [0, 0.05) is 11.6 Å². The number of fused-ring (bicyclic) bond motifs is 1. The Labute approximate surface area is 115 Å². The molecule has 0 bridgehead atoms. The summed E-state index contributed by atoms with van der Waals surface area (Å²) in [6.07, 6.45) is 1.69. The van der Waals surface area contributed by atoms with Crippen molar-refractivity contribution >= 4 is 23.3 Å². The van der Waals surface area contributed by atoms with Crippen molar-refractivity contribution in [3.63, 3.8) is 0 Å². The second-order valence-corrected chi connectivity index (χ2v) is 5.83. The van der Waals surface area contributed by atoms with E-state index in [0.717, 1.165) is 24.9 Å². The first-order valence-electron chi connectivity index (χ1n) is 6.12. The number of carbonyl (C=O) groups excluding carboxylic acids is 1. The van der Waals surface area contributed by atoms with Crippen LogP contribution in [0.1, 0.15) is 15.9 Å². The standard InChI is InChI=1S/C15H13NO2S/c17-11-12-4-3-6-14(10-12)19(18)16-9-8-13-5-1-2-7-15(13)16/h1-7,10-11H,8-9H2. The van der Waals surface area contributed by atoms with E-state index in [2.05, 4.69) is 6.07 Å². The lowest BCUT2D eigenvalue weighted by atomic mass is 10.2. The Morgan fingerprint density at radius 3 is 2.84 bits per heavy atom. The third-order valence-electron chi connectivity index (χ3n) is 3.24. The molecule has 0 aromatic heterocycles. The van der Waals surface area contributed by atoms with Gasteiger partial charge >= 0.3 is 0 Å². The number of anilines is 1. The lowest BCUT2D eigenvalue weighted by Crippen LogP contribution is -2.29. The van der Waals surface area contributed by atoms with Crippen LogP contribution in [0.2, 0.25) is 0 Å². The van der Waals surface area contributed by atoms with Crippen LogP contribution < -0.4 is 4.31 Å². The molecule has 19 heavy (non-hydrogen) atoms. The van der Waals surface area contributed by atoms with Crippen molar-refractivity contribution in [2.75, 3.05) is 10.8 Å². The van der Waals surface area contributed by atoms with Crippen molar-refractivity contribution in [1.82, 2.24) is 0 Å². The van der Waals surface area contributed by atoms with Gasteiger partial charge in [-0.05, 0) is 24.1 Å². The normalized spacial score (nSPS) is 15.1. The zero-order valence-corrected chi connectivity index (χ0v) is 11.1. The Balaban J connectivity index is 1.93. The molecular formula is C15H13NO2S. The minimum atomic E-state index is -1.26. The molecule has 4 heteroatoms. The molecule has 0 spiro atoms. The third kappa shape index (κ3) is 2.25. The van der Waals surface area contributed by atoms with E-state index in [4.69, 9.17) is 0 Å². The van der Waals surface area contributed by atoms with Crippen molar-refractivity contribution in [1.29, 1.82) is 0 Å². The fourth-order valence-electron chi connectivity index (χ4n) is 2.30. The second-order valence-electron chi connectivity index (χ2n) is 4.42. The number of nitrogens with zero attached hydrogens (tertiary/aromatic N) is 1. The Hall–Kier alpha value is -1.78. The molecular weight excluding hydrogens is 258 g/mol. The largest absolute Gasteiger partial charge is 0.588 e. The van der Waals surface area contributed by atoms with E-state index in [0.29, 0.717) is 10.5 Å². The van der Waals surface area contributed by atoms with Crippen LogP contribution in [0, 0.1) is 0 Å². The predicted octanol–water partition coefficient (Wildman–Crippen LogP) is 2.58. The van der Waals surface area contributed by atoms with E-state index >= 15 is 0 Å². The average Bonchev–Trinajstić information content (AvgIpc) is 2.90. The highest BCUT2D eigenvalue weighted by atomic mass is 32.2. The van der Waals surface area contributed by atoms with Gasteiger partial charge in [0.15, 0.2) is 4.90 Å². The Morgan fingerprint density at radius 1 is 1.16 bits per heavy atom. The smallest absolute Gasteiger partial charge is 0.180 e. The Bertz CT molecular complexity index is 615. The molecule has 0 fully saturated rings. The summed E-state index contributed by atoms with van der Waals surface area (Å²) in [6.45, 7) is 0.747. The van der Waals surface area contributed by atoms with Gasteiger partial charge in [-0.15, -0.1) is 0 Å². The number of carbonyl (C=O) groups is 1. The van der Waals surface area contributed by atoms with Crippen LogP contribution >= 0.6 is 0 Å². The van der Waals surface area contributed by atoms with Crippen LogP contribution in [0.5, 0.6) is 0 Å². The maximum atomic E-state index is 12.6. The second kappa shape index (κ2) is 5.07. The summed E-state index contributed by atoms with van der Waals surface area (Å²) in [7, 11) is 0. The summed E-state index contributed by atoms with van der Waals surface area (Å²) in [5.74, 6) is 0. The highest BCUT2D eigenvalue weighted by Crippen LogP contribution is 2.32. The van der Waals surface area contributed by atoms with Gasteiger partial charge in [0.05, 0.1) is 12.2 Å². The molecule has 1 heterocycles. The van der Waals surface area contributed by atoms with Gasteiger partial charge in [0.25, 0.3) is 0 Å². The van der Waals surface area contributed by atoms with Crippen LogP contribution in [0.3, 0.4) is 0 Å². The molecule has 1 atom stereocenters. The predicted molar refractivity (Wildman–Crippen MR) is 75.7 cm³/mol. The summed E-state index contributed by atoms with van der Waals surface area (Å²) in [5, 5.41) is 0. The number of rotatable bonds is 3. The van der Waals surface area contributed by atoms with Crippen LogP contribution in [-0.4, -0.2) is 17.4 Å². The van der Waals surface area contributed by atoms with Gasteiger partial charge in [-0.25, -0.2) is 0 Å². The first-order chi connectivity index (χ1) is 9.29. The minimum absolute atomic E-state index is 0.554. The molecule has 3 nitrogen and oxygen atoms in total. The summed E-state index contributed by atoms with van der Waals surface area (Å²) >= 11 is -1.26. The van der Waals surface area contributed by atoms with E-state index in [-0.39, 0.29) is 0 Å². The van der Waals surface area contributed by atoms with Crippen LogP contribution in [-0.2, 0) is 17.8 Å². The topological polar surface area (TPSA) is 43.4 Å². The molecule has 1 aliphatic rings. The lowest BCUT2D eigenvalue weighted by Gasteiger charge is -2.21. The number of aldehydes is 1. The summed E-state index contributed by atoms with van der Waals surface area (Å²) in [4.78, 5) is 11.5. The fraction of sp³-hybridized carbons (Fsp3) is 0.133. The molecule has 0 aliphatic carbocycles. The zero-order valence-electron chi connectivity index (χ0n) is 10.3. The monoisotopic (exact) mass is 271 g/mol.